The van der Waals surface area contributed by atoms with Crippen molar-refractivity contribution in [1.29, 1.82) is 0 Å². The van der Waals surface area contributed by atoms with Crippen molar-refractivity contribution < 1.29 is 19.1 Å². The number of nitrogens with zero attached hydrogens (tertiary/aromatic N) is 1. The summed E-state index contributed by atoms with van der Waals surface area (Å²) in [6, 6.07) is 16.1. The van der Waals surface area contributed by atoms with E-state index in [0.29, 0.717) is 39.4 Å². The molecule has 3 aromatic carbocycles. The minimum absolute atomic E-state index is 0.236. The number of nitrogens with one attached hydrogen (secondary N) is 2. The highest BCUT2D eigenvalue weighted by Crippen LogP contribution is 2.35. The zero-order valence-electron chi connectivity index (χ0n) is 19.6. The van der Waals surface area contributed by atoms with Gasteiger partial charge in [-0.2, -0.15) is 5.10 Å². The maximum absolute atomic E-state index is 12.1. The molecular formula is C26H24Cl2IN3O4. The van der Waals surface area contributed by atoms with Crippen molar-refractivity contribution in [3.8, 4) is 11.5 Å². The second-order valence-corrected chi connectivity index (χ2v) is 9.68. The molecule has 0 bridgehead atoms. The number of carbonyl (C=O) groups excluding carboxylic acids is 2. The number of rotatable bonds is 10. The average Bonchev–Trinajstić information content (AvgIpc) is 2.81. The van der Waals surface area contributed by atoms with Gasteiger partial charge in [-0.15, -0.1) is 0 Å². The van der Waals surface area contributed by atoms with Crippen LogP contribution in [0.1, 0.15) is 30.0 Å². The second-order valence-electron chi connectivity index (χ2n) is 7.67. The monoisotopic (exact) mass is 639 g/mol. The predicted molar refractivity (Wildman–Crippen MR) is 151 cm³/mol. The average molecular weight is 640 g/mol. The highest BCUT2D eigenvalue weighted by molar-refractivity contribution is 14.1. The van der Waals surface area contributed by atoms with Crippen LogP contribution in [0.5, 0.6) is 11.5 Å². The van der Waals surface area contributed by atoms with Crippen LogP contribution < -0.4 is 20.2 Å². The molecule has 7 nitrogen and oxygen atoms in total. The smallest absolute Gasteiger partial charge is 0.249 e. The van der Waals surface area contributed by atoms with Crippen molar-refractivity contribution in [2.75, 3.05) is 11.9 Å². The molecule has 0 unspecified atom stereocenters. The number of benzene rings is 3. The molecule has 0 atom stereocenters. The maximum Gasteiger partial charge on any atom is 0.249 e. The van der Waals surface area contributed by atoms with Gasteiger partial charge in [0.15, 0.2) is 11.5 Å². The number of aryl methyl sites for hydroxylation is 1. The summed E-state index contributed by atoms with van der Waals surface area (Å²) in [5.74, 6) is 0.134. The molecule has 2 amide bonds. The molecule has 0 radical (unpaired) electrons. The number of hydrazone groups is 1. The van der Waals surface area contributed by atoms with Crippen LogP contribution in [0.15, 0.2) is 59.7 Å². The fourth-order valence-corrected chi connectivity index (χ4v) is 4.30. The number of halogens is 3. The van der Waals surface area contributed by atoms with Crippen LogP contribution in [0.25, 0.3) is 0 Å². The summed E-state index contributed by atoms with van der Waals surface area (Å²) in [7, 11) is 0. The standard InChI is InChI=1S/C26H24Cl2IN3O4/c1-3-35-23-11-17(10-22(29)26(23)36-15-18-6-7-19(27)12-21(18)28)14-30-32-25(34)13-24(33)31-20-8-4-16(2)5-9-20/h4-12,14H,3,13,15H2,1-2H3,(H,31,33)(H,32,34). The zero-order chi connectivity index (χ0) is 26.1. The lowest BCUT2D eigenvalue weighted by molar-refractivity contribution is -0.126. The van der Waals surface area contributed by atoms with Gasteiger partial charge in [-0.1, -0.05) is 47.0 Å². The number of anilines is 1. The molecule has 0 aliphatic carbocycles. The van der Waals surface area contributed by atoms with Crippen LogP contribution in [-0.2, 0) is 16.2 Å². The molecule has 0 saturated carbocycles. The first-order chi connectivity index (χ1) is 17.2. The van der Waals surface area contributed by atoms with E-state index in [1.165, 1.54) is 6.21 Å². The van der Waals surface area contributed by atoms with Gasteiger partial charge in [0.2, 0.25) is 11.8 Å². The van der Waals surface area contributed by atoms with E-state index in [4.69, 9.17) is 32.7 Å². The van der Waals surface area contributed by atoms with E-state index >= 15 is 0 Å². The molecule has 2 N–H and O–H groups in total. The van der Waals surface area contributed by atoms with Gasteiger partial charge >= 0.3 is 0 Å². The summed E-state index contributed by atoms with van der Waals surface area (Å²) < 4.78 is 12.5. The molecule has 0 spiro atoms. The molecule has 10 heteroatoms. The topological polar surface area (TPSA) is 89.0 Å². The summed E-state index contributed by atoms with van der Waals surface area (Å²) in [4.78, 5) is 24.2. The highest BCUT2D eigenvalue weighted by Gasteiger charge is 2.14. The van der Waals surface area contributed by atoms with Gasteiger partial charge in [0.05, 0.1) is 16.4 Å². The Morgan fingerprint density at radius 1 is 1.03 bits per heavy atom. The molecule has 0 aliphatic heterocycles. The summed E-state index contributed by atoms with van der Waals surface area (Å²) in [6.45, 7) is 4.49. The molecule has 0 fully saturated rings. The summed E-state index contributed by atoms with van der Waals surface area (Å²) in [5.41, 5.74) is 5.55. The molecule has 0 aliphatic rings. The molecule has 3 rings (SSSR count). The Balaban J connectivity index is 1.60. The van der Waals surface area contributed by atoms with Crippen LogP contribution in [0.3, 0.4) is 0 Å². The lowest BCUT2D eigenvalue weighted by Crippen LogP contribution is -2.24. The first kappa shape index (κ1) is 27.8. The number of hydrogen-bond donors (Lipinski definition) is 2. The van der Waals surface area contributed by atoms with Crippen molar-refractivity contribution in [2.24, 2.45) is 5.10 Å². The summed E-state index contributed by atoms with van der Waals surface area (Å²) >= 11 is 14.3. The summed E-state index contributed by atoms with van der Waals surface area (Å²) in [6.07, 6.45) is 1.12. The van der Waals surface area contributed by atoms with Crippen molar-refractivity contribution >= 4 is 69.5 Å². The predicted octanol–water partition coefficient (Wildman–Crippen LogP) is 6.36. The van der Waals surface area contributed by atoms with E-state index in [9.17, 15) is 9.59 Å². The number of hydrogen-bond acceptors (Lipinski definition) is 5. The Kier molecular flexibility index (Phi) is 10.4. The van der Waals surface area contributed by atoms with Crippen molar-refractivity contribution in [2.45, 2.75) is 26.9 Å². The van der Waals surface area contributed by atoms with Crippen LogP contribution in [0, 0.1) is 10.5 Å². The Morgan fingerprint density at radius 3 is 2.47 bits per heavy atom. The van der Waals surface area contributed by atoms with Gasteiger partial charge < -0.3 is 14.8 Å². The second kappa shape index (κ2) is 13.5. The molecule has 36 heavy (non-hydrogen) atoms. The van der Waals surface area contributed by atoms with E-state index in [0.717, 1.165) is 14.7 Å². The van der Waals surface area contributed by atoms with E-state index in [-0.39, 0.29) is 13.0 Å². The van der Waals surface area contributed by atoms with E-state index in [1.54, 1.807) is 30.3 Å². The molecule has 188 valence electrons. The molecule has 3 aromatic rings. The number of carbonyl (C=O) groups is 2. The van der Waals surface area contributed by atoms with Crippen LogP contribution in [0.2, 0.25) is 10.0 Å². The van der Waals surface area contributed by atoms with E-state index in [1.807, 2.05) is 38.1 Å². The van der Waals surface area contributed by atoms with Gasteiger partial charge in [-0.3, -0.25) is 9.59 Å². The third-order valence-corrected chi connectivity index (χ3v) is 6.17. The lowest BCUT2D eigenvalue weighted by Gasteiger charge is -2.15. The molecule has 0 heterocycles. The third-order valence-electron chi connectivity index (χ3n) is 4.78. The highest BCUT2D eigenvalue weighted by atomic mass is 127. The zero-order valence-corrected chi connectivity index (χ0v) is 23.3. The minimum Gasteiger partial charge on any atom is -0.490 e. The fraction of sp³-hybridized carbons (Fsp3) is 0.192. The van der Waals surface area contributed by atoms with Crippen LogP contribution in [0.4, 0.5) is 5.69 Å². The lowest BCUT2D eigenvalue weighted by atomic mass is 10.2. The Bertz CT molecular complexity index is 1270. The first-order valence-corrected chi connectivity index (χ1v) is 12.8. The van der Waals surface area contributed by atoms with Gasteiger partial charge in [0, 0.05) is 21.3 Å². The van der Waals surface area contributed by atoms with Gasteiger partial charge in [0.1, 0.15) is 13.0 Å². The largest absolute Gasteiger partial charge is 0.490 e. The SMILES string of the molecule is CCOc1cc(C=NNC(=O)CC(=O)Nc2ccc(C)cc2)cc(I)c1OCc1ccc(Cl)cc1Cl. The number of amides is 2. The van der Waals surface area contributed by atoms with Crippen LogP contribution >= 0.6 is 45.8 Å². The van der Waals surface area contributed by atoms with Gasteiger partial charge in [-0.05, 0) is 78.4 Å². The summed E-state index contributed by atoms with van der Waals surface area (Å²) in [5, 5.41) is 7.71. The van der Waals surface area contributed by atoms with Crippen molar-refractivity contribution in [3.05, 3.63) is 84.9 Å². The van der Waals surface area contributed by atoms with Crippen LogP contribution in [-0.4, -0.2) is 24.6 Å². The fourth-order valence-electron chi connectivity index (χ4n) is 3.06. The van der Waals surface area contributed by atoms with Crippen molar-refractivity contribution in [3.63, 3.8) is 0 Å². The Hall–Kier alpha value is -2.82. The quantitative estimate of drug-likeness (QED) is 0.117. The Morgan fingerprint density at radius 2 is 1.78 bits per heavy atom. The normalized spacial score (nSPS) is 10.8. The molecule has 0 saturated heterocycles. The van der Waals surface area contributed by atoms with Gasteiger partial charge in [0.25, 0.3) is 0 Å². The third kappa shape index (κ3) is 8.39. The minimum atomic E-state index is -0.532. The van der Waals surface area contributed by atoms with Gasteiger partial charge in [-0.25, -0.2) is 5.43 Å². The molecular weight excluding hydrogens is 616 g/mol. The van der Waals surface area contributed by atoms with Crippen molar-refractivity contribution in [1.82, 2.24) is 5.43 Å². The molecule has 0 aromatic heterocycles. The Labute approximate surface area is 233 Å². The van der Waals surface area contributed by atoms with E-state index in [2.05, 4.69) is 38.4 Å². The first-order valence-electron chi connectivity index (χ1n) is 11.0. The number of ether oxygens (including phenoxy) is 2. The van der Waals surface area contributed by atoms with E-state index < -0.39 is 11.8 Å². The maximum atomic E-state index is 12.1.